The predicted octanol–water partition coefficient (Wildman–Crippen LogP) is 2.22. The van der Waals surface area contributed by atoms with Crippen molar-refractivity contribution in [3.8, 4) is 0 Å². The van der Waals surface area contributed by atoms with E-state index in [0.29, 0.717) is 6.04 Å². The van der Waals surface area contributed by atoms with Crippen LogP contribution in [-0.2, 0) is 0 Å². The van der Waals surface area contributed by atoms with E-state index in [0.717, 1.165) is 24.5 Å². The Morgan fingerprint density at radius 1 is 1.36 bits per heavy atom. The van der Waals surface area contributed by atoms with Gasteiger partial charge >= 0.3 is 0 Å². The van der Waals surface area contributed by atoms with Crippen molar-refractivity contribution in [3.63, 3.8) is 0 Å². The van der Waals surface area contributed by atoms with Gasteiger partial charge in [-0.3, -0.25) is 0 Å². The molecule has 1 heterocycles. The van der Waals surface area contributed by atoms with Gasteiger partial charge in [0, 0.05) is 19.1 Å². The maximum Gasteiger partial charge on any atom is 0.148 e. The molecule has 0 spiro atoms. The fourth-order valence-corrected chi connectivity index (χ4v) is 2.12. The number of benzene rings is 1. The first kappa shape index (κ1) is 8.09. The summed E-state index contributed by atoms with van der Waals surface area (Å²) in [6, 6.07) is 5.85. The molecule has 14 heavy (non-hydrogen) atoms. The normalized spacial score (nSPS) is 20.2. The fourth-order valence-electron chi connectivity index (χ4n) is 2.12. The summed E-state index contributed by atoms with van der Waals surface area (Å²) in [7, 11) is 0. The molecule has 0 unspecified atom stereocenters. The zero-order chi connectivity index (χ0) is 9.54. The third kappa shape index (κ3) is 1.15. The van der Waals surface area contributed by atoms with Gasteiger partial charge in [0.05, 0.1) is 11.4 Å². The third-order valence-corrected chi connectivity index (χ3v) is 2.93. The van der Waals surface area contributed by atoms with Crippen LogP contribution < -0.4 is 10.2 Å². The monoisotopic (exact) mass is 192 g/mol. The molecule has 1 saturated carbocycles. The van der Waals surface area contributed by atoms with E-state index < -0.39 is 0 Å². The van der Waals surface area contributed by atoms with E-state index in [2.05, 4.69) is 10.2 Å². The molecule has 0 radical (unpaired) electrons. The van der Waals surface area contributed by atoms with Gasteiger partial charge in [0.2, 0.25) is 0 Å². The van der Waals surface area contributed by atoms with Crippen LogP contribution in [0.2, 0.25) is 0 Å². The largest absolute Gasteiger partial charge is 0.382 e. The zero-order valence-electron chi connectivity index (χ0n) is 7.96. The molecule has 0 saturated heterocycles. The van der Waals surface area contributed by atoms with Crippen LogP contribution in [0.5, 0.6) is 0 Å². The molecule has 1 aromatic rings. The number of hydrogen-bond acceptors (Lipinski definition) is 2. The van der Waals surface area contributed by atoms with Crippen molar-refractivity contribution in [1.82, 2.24) is 0 Å². The van der Waals surface area contributed by atoms with Crippen molar-refractivity contribution in [1.29, 1.82) is 0 Å². The molecule has 1 aromatic carbocycles. The molecule has 3 heteroatoms. The molecule has 1 aliphatic heterocycles. The number of nitrogens with zero attached hydrogens (tertiary/aromatic N) is 1. The SMILES string of the molecule is Fc1cccc2c1N(C1CC1)CCN2. The van der Waals surface area contributed by atoms with Crippen LogP contribution in [0, 0.1) is 5.82 Å². The Morgan fingerprint density at radius 3 is 3.00 bits per heavy atom. The van der Waals surface area contributed by atoms with Gasteiger partial charge in [-0.2, -0.15) is 0 Å². The lowest BCUT2D eigenvalue weighted by molar-refractivity contribution is 0.613. The number of nitrogens with one attached hydrogen (secondary N) is 1. The number of para-hydroxylation sites is 1. The molecule has 0 atom stereocenters. The van der Waals surface area contributed by atoms with E-state index in [9.17, 15) is 4.39 Å². The molecule has 1 N–H and O–H groups in total. The van der Waals surface area contributed by atoms with Crippen LogP contribution in [0.1, 0.15) is 12.8 Å². The highest BCUT2D eigenvalue weighted by molar-refractivity contribution is 5.73. The summed E-state index contributed by atoms with van der Waals surface area (Å²) in [6.45, 7) is 1.85. The van der Waals surface area contributed by atoms with Gasteiger partial charge in [-0.05, 0) is 25.0 Å². The molecule has 74 valence electrons. The van der Waals surface area contributed by atoms with Crippen LogP contribution in [0.15, 0.2) is 18.2 Å². The average molecular weight is 192 g/mol. The first-order valence-electron chi connectivity index (χ1n) is 5.15. The minimum absolute atomic E-state index is 0.0957. The molecular formula is C11H13FN2. The van der Waals surface area contributed by atoms with Crippen molar-refractivity contribution in [2.24, 2.45) is 0 Å². The maximum atomic E-state index is 13.6. The molecule has 2 nitrogen and oxygen atoms in total. The van der Waals surface area contributed by atoms with Gasteiger partial charge in [0.15, 0.2) is 0 Å². The highest BCUT2D eigenvalue weighted by Gasteiger charge is 2.33. The zero-order valence-corrected chi connectivity index (χ0v) is 7.96. The Balaban J connectivity index is 2.07. The molecule has 1 aliphatic carbocycles. The van der Waals surface area contributed by atoms with Gasteiger partial charge in [0.1, 0.15) is 5.82 Å². The number of hydrogen-bond donors (Lipinski definition) is 1. The van der Waals surface area contributed by atoms with Crippen LogP contribution in [0.25, 0.3) is 0 Å². The smallest absolute Gasteiger partial charge is 0.148 e. The fraction of sp³-hybridized carbons (Fsp3) is 0.455. The second-order valence-corrected chi connectivity index (χ2v) is 3.99. The Labute approximate surface area is 82.7 Å². The van der Waals surface area contributed by atoms with E-state index in [1.165, 1.54) is 12.8 Å². The second kappa shape index (κ2) is 2.87. The van der Waals surface area contributed by atoms with Crippen molar-refractivity contribution >= 4 is 11.4 Å². The minimum Gasteiger partial charge on any atom is -0.382 e. The van der Waals surface area contributed by atoms with Crippen molar-refractivity contribution in [2.45, 2.75) is 18.9 Å². The Morgan fingerprint density at radius 2 is 2.21 bits per heavy atom. The summed E-state index contributed by atoms with van der Waals surface area (Å²) in [4.78, 5) is 2.21. The first-order chi connectivity index (χ1) is 6.86. The minimum atomic E-state index is -0.0957. The Hall–Kier alpha value is -1.25. The van der Waals surface area contributed by atoms with Gasteiger partial charge in [-0.15, -0.1) is 0 Å². The van der Waals surface area contributed by atoms with E-state index >= 15 is 0 Å². The van der Waals surface area contributed by atoms with E-state index in [1.54, 1.807) is 12.1 Å². The lowest BCUT2D eigenvalue weighted by Gasteiger charge is -2.32. The maximum absolute atomic E-state index is 13.6. The number of halogens is 1. The van der Waals surface area contributed by atoms with Crippen molar-refractivity contribution < 1.29 is 4.39 Å². The van der Waals surface area contributed by atoms with E-state index in [-0.39, 0.29) is 5.82 Å². The highest BCUT2D eigenvalue weighted by Crippen LogP contribution is 2.39. The number of rotatable bonds is 1. The number of fused-ring (bicyclic) bond motifs is 1. The predicted molar refractivity (Wildman–Crippen MR) is 55.3 cm³/mol. The van der Waals surface area contributed by atoms with Gasteiger partial charge in [-0.25, -0.2) is 4.39 Å². The quantitative estimate of drug-likeness (QED) is 0.734. The molecule has 0 amide bonds. The summed E-state index contributed by atoms with van der Waals surface area (Å²) in [5.74, 6) is -0.0957. The topological polar surface area (TPSA) is 15.3 Å². The van der Waals surface area contributed by atoms with Gasteiger partial charge < -0.3 is 10.2 Å². The lowest BCUT2D eigenvalue weighted by atomic mass is 10.2. The highest BCUT2D eigenvalue weighted by atomic mass is 19.1. The first-order valence-corrected chi connectivity index (χ1v) is 5.15. The molecule has 0 aromatic heterocycles. The molecular weight excluding hydrogens is 179 g/mol. The van der Waals surface area contributed by atoms with Gasteiger partial charge in [-0.1, -0.05) is 6.07 Å². The van der Waals surface area contributed by atoms with E-state index in [4.69, 9.17) is 0 Å². The van der Waals surface area contributed by atoms with Crippen molar-refractivity contribution in [3.05, 3.63) is 24.0 Å². The summed E-state index contributed by atoms with van der Waals surface area (Å²) in [5, 5.41) is 3.23. The second-order valence-electron chi connectivity index (χ2n) is 3.99. The standard InChI is InChI=1S/C11H13FN2/c12-9-2-1-3-10-11(9)14(7-6-13-10)8-4-5-8/h1-3,8,13H,4-7H2. The molecule has 0 bridgehead atoms. The number of anilines is 2. The summed E-state index contributed by atoms with van der Waals surface area (Å²) < 4.78 is 13.6. The van der Waals surface area contributed by atoms with Gasteiger partial charge in [0.25, 0.3) is 0 Å². The van der Waals surface area contributed by atoms with Crippen molar-refractivity contribution in [2.75, 3.05) is 23.3 Å². The van der Waals surface area contributed by atoms with Crippen LogP contribution in [-0.4, -0.2) is 19.1 Å². The van der Waals surface area contributed by atoms with Crippen LogP contribution in [0.4, 0.5) is 15.8 Å². The average Bonchev–Trinajstić information content (AvgIpc) is 3.01. The molecule has 1 fully saturated rings. The summed E-state index contributed by atoms with van der Waals surface area (Å²) >= 11 is 0. The third-order valence-electron chi connectivity index (χ3n) is 2.93. The van der Waals surface area contributed by atoms with Crippen LogP contribution >= 0.6 is 0 Å². The van der Waals surface area contributed by atoms with E-state index in [1.807, 2.05) is 6.07 Å². The molecule has 3 rings (SSSR count). The van der Waals surface area contributed by atoms with Crippen LogP contribution in [0.3, 0.4) is 0 Å². The Kier molecular flexibility index (Phi) is 1.66. The molecule has 2 aliphatic rings. The lowest BCUT2D eigenvalue weighted by Crippen LogP contribution is -2.36. The summed E-state index contributed by atoms with van der Waals surface area (Å²) in [5.41, 5.74) is 1.73. The Bertz CT molecular complexity index is 360. The summed E-state index contributed by atoms with van der Waals surface area (Å²) in [6.07, 6.45) is 2.43.